The molecule has 0 aliphatic heterocycles. The monoisotopic (exact) mass is 239 g/mol. The third-order valence-electron chi connectivity index (χ3n) is 2.87. The van der Waals surface area contributed by atoms with Crippen LogP contribution in [0.2, 0.25) is 0 Å². The summed E-state index contributed by atoms with van der Waals surface area (Å²) in [4.78, 5) is 0. The minimum Gasteiger partial charge on any atom is -0.483 e. The van der Waals surface area contributed by atoms with Gasteiger partial charge in [0.2, 0.25) is 0 Å². The third-order valence-corrected chi connectivity index (χ3v) is 2.87. The molecule has 17 heavy (non-hydrogen) atoms. The van der Waals surface area contributed by atoms with Crippen molar-refractivity contribution in [3.63, 3.8) is 0 Å². The van der Waals surface area contributed by atoms with Crippen LogP contribution in [-0.4, -0.2) is 18.7 Å². The lowest BCUT2D eigenvalue weighted by atomic mass is 10.0. The number of rotatable bonds is 7. The van der Waals surface area contributed by atoms with Crippen LogP contribution in [0, 0.1) is 5.82 Å². The van der Waals surface area contributed by atoms with Crippen molar-refractivity contribution < 1.29 is 9.13 Å². The summed E-state index contributed by atoms with van der Waals surface area (Å²) in [6.07, 6.45) is 1.91. The molecule has 0 aliphatic rings. The molecule has 0 heterocycles. The van der Waals surface area contributed by atoms with Crippen LogP contribution < -0.4 is 10.1 Å². The Morgan fingerprint density at radius 3 is 2.59 bits per heavy atom. The van der Waals surface area contributed by atoms with E-state index in [-0.39, 0.29) is 11.4 Å². The fraction of sp³-hybridized carbons (Fsp3) is 0.571. The molecule has 0 spiro atoms. The van der Waals surface area contributed by atoms with E-state index in [1.54, 1.807) is 18.2 Å². The van der Waals surface area contributed by atoms with Crippen LogP contribution >= 0.6 is 0 Å². The normalized spacial score (nSPS) is 14.4. The Kier molecular flexibility index (Phi) is 5.42. The molecule has 1 aromatic carbocycles. The summed E-state index contributed by atoms with van der Waals surface area (Å²) in [6.45, 7) is 7.85. The van der Waals surface area contributed by atoms with Gasteiger partial charge in [-0.3, -0.25) is 0 Å². The molecule has 0 aromatic heterocycles. The maximum absolute atomic E-state index is 13.5. The van der Waals surface area contributed by atoms with E-state index < -0.39 is 0 Å². The van der Waals surface area contributed by atoms with E-state index in [1.807, 2.05) is 6.92 Å². The highest BCUT2D eigenvalue weighted by Gasteiger charge is 2.24. The number of hydrogen-bond donors (Lipinski definition) is 1. The molecular weight excluding hydrogens is 217 g/mol. The summed E-state index contributed by atoms with van der Waals surface area (Å²) in [7, 11) is 0. The number of benzene rings is 1. The molecule has 0 saturated carbocycles. The second-order valence-electron chi connectivity index (χ2n) is 4.51. The van der Waals surface area contributed by atoms with E-state index in [0.717, 1.165) is 25.9 Å². The SMILES string of the molecule is CCCNCC(C)(CC)Oc1ccccc1F. The maximum Gasteiger partial charge on any atom is 0.165 e. The van der Waals surface area contributed by atoms with Gasteiger partial charge < -0.3 is 10.1 Å². The van der Waals surface area contributed by atoms with Gasteiger partial charge in [0.25, 0.3) is 0 Å². The van der Waals surface area contributed by atoms with Gasteiger partial charge in [-0.2, -0.15) is 0 Å². The highest BCUT2D eigenvalue weighted by molar-refractivity contribution is 5.24. The molecule has 1 unspecified atom stereocenters. The van der Waals surface area contributed by atoms with Crippen molar-refractivity contribution in [1.29, 1.82) is 0 Å². The molecule has 0 radical (unpaired) electrons. The Morgan fingerprint density at radius 1 is 1.29 bits per heavy atom. The zero-order chi connectivity index (χ0) is 12.7. The first kappa shape index (κ1) is 14.0. The smallest absolute Gasteiger partial charge is 0.165 e. The molecule has 96 valence electrons. The van der Waals surface area contributed by atoms with Gasteiger partial charge in [0, 0.05) is 6.54 Å². The highest BCUT2D eigenvalue weighted by atomic mass is 19.1. The van der Waals surface area contributed by atoms with Crippen LogP contribution in [0.4, 0.5) is 4.39 Å². The first-order valence-electron chi connectivity index (χ1n) is 6.25. The van der Waals surface area contributed by atoms with Crippen molar-refractivity contribution in [3.05, 3.63) is 30.1 Å². The van der Waals surface area contributed by atoms with Gasteiger partial charge in [-0.25, -0.2) is 4.39 Å². The standard InChI is InChI=1S/C14H22FNO/c1-4-10-16-11-14(3,5-2)17-13-9-7-6-8-12(13)15/h6-9,16H,4-5,10-11H2,1-3H3. The number of halogens is 1. The van der Waals surface area contributed by atoms with Crippen molar-refractivity contribution in [3.8, 4) is 5.75 Å². The van der Waals surface area contributed by atoms with E-state index >= 15 is 0 Å². The Labute approximate surface area is 103 Å². The number of ether oxygens (including phenoxy) is 1. The van der Waals surface area contributed by atoms with E-state index in [2.05, 4.69) is 19.2 Å². The third kappa shape index (κ3) is 4.35. The van der Waals surface area contributed by atoms with Crippen LogP contribution in [0.15, 0.2) is 24.3 Å². The Morgan fingerprint density at radius 2 is 2.00 bits per heavy atom. The summed E-state index contributed by atoms with van der Waals surface area (Å²) in [6, 6.07) is 6.54. The van der Waals surface area contributed by atoms with Crippen molar-refractivity contribution in [1.82, 2.24) is 5.32 Å². The van der Waals surface area contributed by atoms with Crippen molar-refractivity contribution in [2.75, 3.05) is 13.1 Å². The zero-order valence-electron chi connectivity index (χ0n) is 10.9. The maximum atomic E-state index is 13.5. The molecule has 1 aromatic rings. The molecule has 1 atom stereocenters. The minimum absolute atomic E-state index is 0.303. The number of nitrogens with one attached hydrogen (secondary N) is 1. The molecule has 0 saturated heterocycles. The summed E-state index contributed by atoms with van der Waals surface area (Å²) < 4.78 is 19.3. The Hall–Kier alpha value is -1.09. The molecule has 0 bridgehead atoms. The molecule has 0 amide bonds. The average molecular weight is 239 g/mol. The molecule has 0 fully saturated rings. The molecule has 3 heteroatoms. The van der Waals surface area contributed by atoms with E-state index in [1.165, 1.54) is 6.07 Å². The zero-order valence-corrected chi connectivity index (χ0v) is 10.9. The summed E-state index contributed by atoms with van der Waals surface area (Å²) in [5.41, 5.74) is -0.364. The van der Waals surface area contributed by atoms with Crippen LogP contribution in [0.1, 0.15) is 33.6 Å². The van der Waals surface area contributed by atoms with Crippen LogP contribution in [-0.2, 0) is 0 Å². The molecular formula is C14H22FNO. The number of hydrogen-bond acceptors (Lipinski definition) is 2. The highest BCUT2D eigenvalue weighted by Crippen LogP contribution is 2.23. The lowest BCUT2D eigenvalue weighted by Gasteiger charge is -2.30. The Bertz CT molecular complexity index is 343. The van der Waals surface area contributed by atoms with Gasteiger partial charge in [-0.15, -0.1) is 0 Å². The van der Waals surface area contributed by atoms with E-state index in [4.69, 9.17) is 4.74 Å². The lowest BCUT2D eigenvalue weighted by molar-refractivity contribution is 0.0788. The average Bonchev–Trinajstić information content (AvgIpc) is 2.33. The van der Waals surface area contributed by atoms with Gasteiger partial charge in [-0.05, 0) is 38.4 Å². The predicted octanol–water partition coefficient (Wildman–Crippen LogP) is 3.37. The summed E-state index contributed by atoms with van der Waals surface area (Å²) in [5.74, 6) is 0.0258. The van der Waals surface area contributed by atoms with Gasteiger partial charge in [-0.1, -0.05) is 26.0 Å². The first-order valence-corrected chi connectivity index (χ1v) is 6.25. The van der Waals surface area contributed by atoms with Crippen molar-refractivity contribution >= 4 is 0 Å². The summed E-state index contributed by atoms with van der Waals surface area (Å²) >= 11 is 0. The Balaban J connectivity index is 2.65. The van der Waals surface area contributed by atoms with Gasteiger partial charge >= 0.3 is 0 Å². The van der Waals surface area contributed by atoms with Crippen LogP contribution in [0.5, 0.6) is 5.75 Å². The predicted molar refractivity (Wildman–Crippen MR) is 68.9 cm³/mol. The molecule has 1 rings (SSSR count). The molecule has 0 aliphatic carbocycles. The quantitative estimate of drug-likeness (QED) is 0.737. The second kappa shape index (κ2) is 6.60. The van der Waals surface area contributed by atoms with Crippen molar-refractivity contribution in [2.45, 2.75) is 39.2 Å². The van der Waals surface area contributed by atoms with Crippen molar-refractivity contribution in [2.24, 2.45) is 0 Å². The fourth-order valence-corrected chi connectivity index (χ4v) is 1.56. The van der Waals surface area contributed by atoms with Gasteiger partial charge in [0.1, 0.15) is 5.60 Å². The second-order valence-corrected chi connectivity index (χ2v) is 4.51. The van der Waals surface area contributed by atoms with Gasteiger partial charge in [0.15, 0.2) is 11.6 Å². The summed E-state index contributed by atoms with van der Waals surface area (Å²) in [5, 5.41) is 3.32. The fourth-order valence-electron chi connectivity index (χ4n) is 1.56. The van der Waals surface area contributed by atoms with Gasteiger partial charge in [0.05, 0.1) is 0 Å². The van der Waals surface area contributed by atoms with E-state index in [9.17, 15) is 4.39 Å². The minimum atomic E-state index is -0.364. The topological polar surface area (TPSA) is 21.3 Å². The van der Waals surface area contributed by atoms with Crippen LogP contribution in [0.3, 0.4) is 0 Å². The molecule has 2 nitrogen and oxygen atoms in total. The van der Waals surface area contributed by atoms with E-state index in [0.29, 0.717) is 5.75 Å². The number of para-hydroxylation sites is 1. The lowest BCUT2D eigenvalue weighted by Crippen LogP contribution is -2.43. The largest absolute Gasteiger partial charge is 0.483 e. The first-order chi connectivity index (χ1) is 8.11. The molecule has 1 N–H and O–H groups in total. The van der Waals surface area contributed by atoms with Crippen LogP contribution in [0.25, 0.3) is 0 Å².